The van der Waals surface area contributed by atoms with Crippen LogP contribution in [0.25, 0.3) is 16.9 Å². The van der Waals surface area contributed by atoms with Gasteiger partial charge in [0.1, 0.15) is 11.6 Å². The van der Waals surface area contributed by atoms with Crippen LogP contribution < -0.4 is 5.32 Å². The lowest BCUT2D eigenvalue weighted by atomic mass is 10.1. The van der Waals surface area contributed by atoms with Crippen LogP contribution in [0, 0.1) is 32.5 Å². The molecule has 1 aromatic heterocycles. The first kappa shape index (κ1) is 28.2. The first-order valence-corrected chi connectivity index (χ1v) is 14.2. The van der Waals surface area contributed by atoms with Crippen molar-refractivity contribution in [2.75, 3.05) is 18.4 Å². The number of carbonyl (C=O) groups excluding carboxylic acids is 1. The molecule has 0 atom stereocenters. The summed E-state index contributed by atoms with van der Waals surface area (Å²) in [6, 6.07) is 20.6. The molecule has 7 nitrogen and oxygen atoms in total. The van der Waals surface area contributed by atoms with Crippen molar-refractivity contribution in [2.45, 2.75) is 39.5 Å². The van der Waals surface area contributed by atoms with Gasteiger partial charge in [0.05, 0.1) is 22.8 Å². The van der Waals surface area contributed by atoms with Gasteiger partial charge in [0.25, 0.3) is 0 Å². The summed E-state index contributed by atoms with van der Waals surface area (Å²) < 4.78 is 44.0. The molecule has 39 heavy (non-hydrogen) atoms. The maximum absolute atomic E-state index is 13.8. The van der Waals surface area contributed by atoms with Gasteiger partial charge in [0.15, 0.2) is 0 Å². The van der Waals surface area contributed by atoms with E-state index in [1.54, 1.807) is 32.0 Å². The predicted molar refractivity (Wildman–Crippen MR) is 152 cm³/mol. The van der Waals surface area contributed by atoms with Crippen molar-refractivity contribution in [3.8, 4) is 16.9 Å². The van der Waals surface area contributed by atoms with E-state index in [0.717, 1.165) is 11.1 Å². The smallest absolute Gasteiger partial charge is 0.244 e. The van der Waals surface area contributed by atoms with E-state index in [9.17, 15) is 17.6 Å². The zero-order chi connectivity index (χ0) is 28.3. The number of nitrogens with zero attached hydrogens (tertiary/aromatic N) is 3. The normalized spacial score (nSPS) is 11.8. The number of sulfonamides is 1. The van der Waals surface area contributed by atoms with Gasteiger partial charge in [-0.1, -0.05) is 61.9 Å². The molecule has 204 valence electrons. The standard InChI is InChI=1S/C30H33FN4O3S/c1-20(2)18-34(39(37,38)30-22(4)15-21(3)16-23(30)5)19-29(36)32-28-17-27(24-9-7-6-8-10-24)33-35(28)26-13-11-25(31)12-14-26/h6-17,20H,18-19H2,1-5H3,(H,32,36). The number of hydrogen-bond donors (Lipinski definition) is 1. The number of anilines is 1. The molecule has 0 radical (unpaired) electrons. The van der Waals surface area contributed by atoms with Crippen LogP contribution in [-0.4, -0.2) is 41.5 Å². The Morgan fingerprint density at radius 1 is 0.974 bits per heavy atom. The molecule has 4 rings (SSSR count). The summed E-state index contributed by atoms with van der Waals surface area (Å²) in [6.45, 7) is 9.08. The molecule has 0 saturated carbocycles. The third kappa shape index (κ3) is 6.43. The highest BCUT2D eigenvalue weighted by molar-refractivity contribution is 7.89. The summed E-state index contributed by atoms with van der Waals surface area (Å²) in [4.78, 5) is 13.6. The third-order valence-electron chi connectivity index (χ3n) is 6.21. The molecule has 1 amide bonds. The zero-order valence-corrected chi connectivity index (χ0v) is 23.6. The van der Waals surface area contributed by atoms with Crippen LogP contribution in [0.3, 0.4) is 0 Å². The quantitative estimate of drug-likeness (QED) is 0.283. The van der Waals surface area contributed by atoms with Crippen LogP contribution in [0.2, 0.25) is 0 Å². The Kier molecular flexibility index (Phi) is 8.32. The maximum atomic E-state index is 13.8. The fourth-order valence-corrected chi connectivity index (χ4v) is 6.67. The second kappa shape index (κ2) is 11.5. The van der Waals surface area contributed by atoms with Crippen molar-refractivity contribution in [2.24, 2.45) is 5.92 Å². The van der Waals surface area contributed by atoms with Gasteiger partial charge >= 0.3 is 0 Å². The molecule has 0 bridgehead atoms. The minimum Gasteiger partial charge on any atom is -0.309 e. The molecule has 0 spiro atoms. The highest BCUT2D eigenvalue weighted by Crippen LogP contribution is 2.27. The molecule has 4 aromatic rings. The summed E-state index contributed by atoms with van der Waals surface area (Å²) in [6.07, 6.45) is 0. The predicted octanol–water partition coefficient (Wildman–Crippen LogP) is 5.89. The van der Waals surface area contributed by atoms with Gasteiger partial charge in [-0.3, -0.25) is 4.79 Å². The van der Waals surface area contributed by atoms with Gasteiger partial charge in [-0.05, 0) is 62.1 Å². The van der Waals surface area contributed by atoms with E-state index >= 15 is 0 Å². The summed E-state index contributed by atoms with van der Waals surface area (Å²) in [5.74, 6) is -0.566. The molecule has 0 saturated heterocycles. The lowest BCUT2D eigenvalue weighted by molar-refractivity contribution is -0.116. The van der Waals surface area contributed by atoms with Crippen molar-refractivity contribution in [3.63, 3.8) is 0 Å². The molecule has 0 aliphatic heterocycles. The van der Waals surface area contributed by atoms with Gasteiger partial charge < -0.3 is 5.32 Å². The van der Waals surface area contributed by atoms with E-state index in [1.165, 1.54) is 21.1 Å². The fraction of sp³-hybridized carbons (Fsp3) is 0.267. The first-order chi connectivity index (χ1) is 18.5. The summed E-state index contributed by atoms with van der Waals surface area (Å²) in [7, 11) is -3.96. The summed E-state index contributed by atoms with van der Waals surface area (Å²) in [5.41, 5.74) is 4.25. The average molecular weight is 549 g/mol. The SMILES string of the molecule is Cc1cc(C)c(S(=O)(=O)N(CC(=O)Nc2cc(-c3ccccc3)nn2-c2ccc(F)cc2)CC(C)C)c(C)c1. The fourth-order valence-electron chi connectivity index (χ4n) is 4.70. The van der Waals surface area contributed by atoms with Crippen molar-refractivity contribution < 1.29 is 17.6 Å². The molecule has 3 aromatic carbocycles. The van der Waals surface area contributed by atoms with E-state index in [2.05, 4.69) is 10.4 Å². The number of hydrogen-bond acceptors (Lipinski definition) is 4. The van der Waals surface area contributed by atoms with Gasteiger partial charge in [-0.2, -0.15) is 9.40 Å². The van der Waals surface area contributed by atoms with Gasteiger partial charge in [0.2, 0.25) is 15.9 Å². The molecular weight excluding hydrogens is 515 g/mol. The second-order valence-electron chi connectivity index (χ2n) is 10.1. The van der Waals surface area contributed by atoms with Crippen LogP contribution in [0.1, 0.15) is 30.5 Å². The van der Waals surface area contributed by atoms with Crippen LogP contribution in [0.4, 0.5) is 10.2 Å². The van der Waals surface area contributed by atoms with E-state index in [1.807, 2.05) is 63.2 Å². The summed E-state index contributed by atoms with van der Waals surface area (Å²) in [5, 5.41) is 7.48. The van der Waals surface area contributed by atoms with Crippen molar-refractivity contribution in [3.05, 3.63) is 95.3 Å². The Balaban J connectivity index is 1.68. The van der Waals surface area contributed by atoms with Gasteiger partial charge in [0, 0.05) is 18.2 Å². The van der Waals surface area contributed by atoms with E-state index in [-0.39, 0.29) is 23.9 Å². The molecule has 1 N–H and O–H groups in total. The van der Waals surface area contributed by atoms with E-state index in [4.69, 9.17) is 0 Å². The monoisotopic (exact) mass is 548 g/mol. The molecular formula is C30H33FN4O3S. The minimum absolute atomic E-state index is 0.00642. The second-order valence-corrected chi connectivity index (χ2v) is 12.0. The molecule has 0 aliphatic rings. The molecule has 0 unspecified atom stereocenters. The number of aromatic nitrogens is 2. The van der Waals surface area contributed by atoms with Crippen molar-refractivity contribution in [1.29, 1.82) is 0 Å². The number of nitrogens with one attached hydrogen (secondary N) is 1. The zero-order valence-electron chi connectivity index (χ0n) is 22.8. The number of aryl methyl sites for hydroxylation is 3. The number of carbonyl (C=O) groups is 1. The van der Waals surface area contributed by atoms with Crippen LogP contribution in [-0.2, 0) is 14.8 Å². The Bertz CT molecular complexity index is 1560. The number of halogens is 1. The first-order valence-electron chi connectivity index (χ1n) is 12.7. The number of rotatable bonds is 9. The van der Waals surface area contributed by atoms with Crippen molar-refractivity contribution >= 4 is 21.7 Å². The van der Waals surface area contributed by atoms with Crippen LogP contribution in [0.15, 0.2) is 77.7 Å². The van der Waals surface area contributed by atoms with E-state index < -0.39 is 21.7 Å². The van der Waals surface area contributed by atoms with Crippen LogP contribution in [0.5, 0.6) is 0 Å². The molecule has 0 fully saturated rings. The van der Waals surface area contributed by atoms with Crippen LogP contribution >= 0.6 is 0 Å². The molecule has 1 heterocycles. The Morgan fingerprint density at radius 2 is 1.59 bits per heavy atom. The third-order valence-corrected chi connectivity index (χ3v) is 8.33. The lowest BCUT2D eigenvalue weighted by Crippen LogP contribution is -2.40. The van der Waals surface area contributed by atoms with Gasteiger partial charge in [-0.15, -0.1) is 0 Å². The molecule has 9 heteroatoms. The average Bonchev–Trinajstić information content (AvgIpc) is 3.27. The Labute approximate surface area is 229 Å². The maximum Gasteiger partial charge on any atom is 0.244 e. The minimum atomic E-state index is -3.96. The summed E-state index contributed by atoms with van der Waals surface area (Å²) >= 11 is 0. The number of amides is 1. The van der Waals surface area contributed by atoms with E-state index in [0.29, 0.717) is 28.3 Å². The van der Waals surface area contributed by atoms with Gasteiger partial charge in [-0.25, -0.2) is 17.5 Å². The Morgan fingerprint density at radius 3 is 2.18 bits per heavy atom. The topological polar surface area (TPSA) is 84.3 Å². The lowest BCUT2D eigenvalue weighted by Gasteiger charge is -2.25. The highest BCUT2D eigenvalue weighted by atomic mass is 32.2. The molecule has 0 aliphatic carbocycles. The van der Waals surface area contributed by atoms with Crippen molar-refractivity contribution in [1.82, 2.24) is 14.1 Å². The highest BCUT2D eigenvalue weighted by Gasteiger charge is 2.30. The Hall–Kier alpha value is -3.82. The number of benzene rings is 3. The largest absolute Gasteiger partial charge is 0.309 e.